The molecule has 1 aromatic heterocycles. The molecule has 2 saturated heterocycles. The molecular weight excluding hydrogens is 510 g/mol. The van der Waals surface area contributed by atoms with Crippen LogP contribution < -0.4 is 0 Å². The fraction of sp³-hybridized carbons (Fsp3) is 0.435. The maximum Gasteiger partial charge on any atom is 0.266 e. The second kappa shape index (κ2) is 10.1. The number of amides is 2. The predicted octanol–water partition coefficient (Wildman–Crippen LogP) is 4.65. The average molecular weight is 537 g/mol. The molecule has 2 fully saturated rings. The van der Waals surface area contributed by atoms with E-state index in [1.165, 1.54) is 11.8 Å². The number of benzene rings is 1. The van der Waals surface area contributed by atoms with Crippen LogP contribution in [0, 0.1) is 0 Å². The first-order valence-corrected chi connectivity index (χ1v) is 12.9. The molecule has 2 aliphatic heterocycles. The second-order valence-corrected chi connectivity index (χ2v) is 10.5. The summed E-state index contributed by atoms with van der Waals surface area (Å²) in [7, 11) is 0. The summed E-state index contributed by atoms with van der Waals surface area (Å²) < 4.78 is 9.16. The van der Waals surface area contributed by atoms with Crippen molar-refractivity contribution in [3.63, 3.8) is 0 Å². The predicted molar refractivity (Wildman–Crippen MR) is 136 cm³/mol. The van der Waals surface area contributed by atoms with Gasteiger partial charge < -0.3 is 14.2 Å². The Morgan fingerprint density at radius 2 is 2.16 bits per heavy atom. The van der Waals surface area contributed by atoms with Crippen LogP contribution in [0.1, 0.15) is 32.3 Å². The Morgan fingerprint density at radius 3 is 2.84 bits per heavy atom. The Kier molecular flexibility index (Phi) is 7.39. The topological polar surface area (TPSA) is 54.8 Å². The van der Waals surface area contributed by atoms with Crippen LogP contribution in [-0.2, 0) is 20.9 Å². The number of aromatic nitrogens is 1. The van der Waals surface area contributed by atoms with Crippen molar-refractivity contribution in [3.05, 3.63) is 39.3 Å². The van der Waals surface area contributed by atoms with Crippen LogP contribution in [0.2, 0.25) is 0 Å². The normalized spacial score (nSPS) is 20.2. The third-order valence-electron chi connectivity index (χ3n) is 5.87. The van der Waals surface area contributed by atoms with Crippen molar-refractivity contribution in [3.8, 4) is 0 Å². The van der Waals surface area contributed by atoms with Gasteiger partial charge in [-0.25, -0.2) is 0 Å². The smallest absolute Gasteiger partial charge is 0.266 e. The number of carbonyl (C=O) groups is 2. The molecular formula is C23H26BrN3O3S2. The highest BCUT2D eigenvalue weighted by molar-refractivity contribution is 9.10. The maximum atomic E-state index is 13.1. The first kappa shape index (κ1) is 23.5. The summed E-state index contributed by atoms with van der Waals surface area (Å²) in [5.41, 5.74) is 1.85. The molecule has 0 spiro atoms. The van der Waals surface area contributed by atoms with Gasteiger partial charge in [-0.1, -0.05) is 39.9 Å². The van der Waals surface area contributed by atoms with Gasteiger partial charge >= 0.3 is 0 Å². The second-order valence-electron chi connectivity index (χ2n) is 7.87. The quantitative estimate of drug-likeness (QED) is 0.381. The van der Waals surface area contributed by atoms with E-state index in [-0.39, 0.29) is 24.5 Å². The summed E-state index contributed by atoms with van der Waals surface area (Å²) in [6, 6.07) is 5.98. The fourth-order valence-corrected chi connectivity index (χ4v) is 5.78. The molecule has 2 aromatic rings. The molecule has 0 N–H and O–H groups in total. The molecule has 0 unspecified atom stereocenters. The summed E-state index contributed by atoms with van der Waals surface area (Å²) in [5.74, 6) is -0.00475. The molecule has 0 bridgehead atoms. The van der Waals surface area contributed by atoms with E-state index in [1.807, 2.05) is 53.8 Å². The highest BCUT2D eigenvalue weighted by atomic mass is 79.9. The highest BCUT2D eigenvalue weighted by Gasteiger charge is 2.34. The van der Waals surface area contributed by atoms with Gasteiger partial charge in [0.05, 0.1) is 17.6 Å². The summed E-state index contributed by atoms with van der Waals surface area (Å²) in [4.78, 5) is 29.9. The molecule has 2 aliphatic rings. The Labute approximate surface area is 206 Å². The van der Waals surface area contributed by atoms with Crippen LogP contribution in [0.4, 0.5) is 0 Å². The standard InChI is InChI=1S/C23H26BrN3O3S2/c1-3-25(4-2)21(28)14-26-12-15(18-11-16(24)7-8-19(18)26)10-20-22(29)27(23(31)32-20)13-17-6-5-9-30-17/h7-8,10-12,17H,3-6,9,13-14H2,1-2H3/b20-10-/t17-/m0/s1. The van der Waals surface area contributed by atoms with Crippen molar-refractivity contribution in [2.45, 2.75) is 39.3 Å². The van der Waals surface area contributed by atoms with Crippen molar-refractivity contribution < 1.29 is 14.3 Å². The van der Waals surface area contributed by atoms with E-state index < -0.39 is 0 Å². The van der Waals surface area contributed by atoms with Gasteiger partial charge in [0.15, 0.2) is 0 Å². The number of fused-ring (bicyclic) bond motifs is 1. The molecule has 2 amide bonds. The monoisotopic (exact) mass is 535 g/mol. The number of hydrogen-bond donors (Lipinski definition) is 0. The number of rotatable bonds is 7. The van der Waals surface area contributed by atoms with Crippen LogP contribution in [-0.4, -0.2) is 62.8 Å². The minimum absolute atomic E-state index is 0.0563. The Balaban J connectivity index is 1.64. The molecule has 0 saturated carbocycles. The molecule has 1 aromatic carbocycles. The number of nitrogens with zero attached hydrogens (tertiary/aromatic N) is 3. The van der Waals surface area contributed by atoms with E-state index in [4.69, 9.17) is 17.0 Å². The van der Waals surface area contributed by atoms with Crippen molar-refractivity contribution in [1.29, 1.82) is 0 Å². The van der Waals surface area contributed by atoms with Gasteiger partial charge in [-0.3, -0.25) is 14.5 Å². The SMILES string of the molecule is CCN(CC)C(=O)Cn1cc(/C=C2\SC(=S)N(C[C@@H]3CCCO3)C2=O)c2cc(Br)ccc21. The van der Waals surface area contributed by atoms with Crippen LogP contribution in [0.15, 0.2) is 33.8 Å². The minimum atomic E-state index is -0.0781. The van der Waals surface area contributed by atoms with Gasteiger partial charge in [0.1, 0.15) is 10.9 Å². The first-order chi connectivity index (χ1) is 15.4. The number of halogens is 1. The molecule has 32 heavy (non-hydrogen) atoms. The number of ether oxygens (including phenoxy) is 1. The van der Waals surface area contributed by atoms with E-state index in [1.54, 1.807) is 4.90 Å². The first-order valence-electron chi connectivity index (χ1n) is 10.8. The molecule has 1 atom stereocenters. The van der Waals surface area contributed by atoms with Gasteiger partial charge in [-0.2, -0.15) is 0 Å². The number of thiocarbonyl (C=S) groups is 1. The van der Waals surface area contributed by atoms with Crippen LogP contribution in [0.5, 0.6) is 0 Å². The molecule has 4 rings (SSSR count). The lowest BCUT2D eigenvalue weighted by atomic mass is 10.1. The van der Waals surface area contributed by atoms with Gasteiger partial charge in [-0.05, 0) is 51.0 Å². The van der Waals surface area contributed by atoms with Crippen molar-refractivity contribution in [2.75, 3.05) is 26.2 Å². The summed E-state index contributed by atoms with van der Waals surface area (Å²) >= 11 is 10.4. The van der Waals surface area contributed by atoms with Crippen LogP contribution >= 0.6 is 39.9 Å². The molecule has 0 aliphatic carbocycles. The molecule has 0 radical (unpaired) electrons. The number of carbonyl (C=O) groups excluding carboxylic acids is 2. The van der Waals surface area contributed by atoms with Gasteiger partial charge in [0.25, 0.3) is 5.91 Å². The van der Waals surface area contributed by atoms with Crippen LogP contribution in [0.25, 0.3) is 17.0 Å². The zero-order valence-electron chi connectivity index (χ0n) is 18.2. The van der Waals surface area contributed by atoms with Gasteiger partial charge in [0.2, 0.25) is 5.91 Å². The van der Waals surface area contributed by atoms with Crippen LogP contribution in [0.3, 0.4) is 0 Å². The molecule has 170 valence electrons. The van der Waals surface area contributed by atoms with Crippen molar-refractivity contribution >= 4 is 73.0 Å². The molecule has 9 heteroatoms. The zero-order chi connectivity index (χ0) is 22.8. The fourth-order valence-electron chi connectivity index (χ4n) is 4.16. The number of hydrogen-bond acceptors (Lipinski definition) is 5. The summed E-state index contributed by atoms with van der Waals surface area (Å²) in [6.07, 6.45) is 5.88. The minimum Gasteiger partial charge on any atom is -0.376 e. The third-order valence-corrected chi connectivity index (χ3v) is 7.74. The largest absolute Gasteiger partial charge is 0.376 e. The lowest BCUT2D eigenvalue weighted by Crippen LogP contribution is -2.35. The van der Waals surface area contributed by atoms with E-state index in [2.05, 4.69) is 15.9 Å². The Morgan fingerprint density at radius 1 is 1.38 bits per heavy atom. The van der Waals surface area contributed by atoms with E-state index in [0.29, 0.717) is 28.9 Å². The van der Waals surface area contributed by atoms with Crippen molar-refractivity contribution in [1.82, 2.24) is 14.4 Å². The molecule has 3 heterocycles. The lowest BCUT2D eigenvalue weighted by molar-refractivity contribution is -0.131. The van der Waals surface area contributed by atoms with E-state index in [9.17, 15) is 9.59 Å². The van der Waals surface area contributed by atoms with Gasteiger partial charge in [0, 0.05) is 46.8 Å². The number of thioether (sulfide) groups is 1. The van der Waals surface area contributed by atoms with Gasteiger partial charge in [-0.15, -0.1) is 0 Å². The maximum absolute atomic E-state index is 13.1. The summed E-state index contributed by atoms with van der Waals surface area (Å²) in [5, 5.41) is 0.983. The zero-order valence-corrected chi connectivity index (χ0v) is 21.4. The molecule has 6 nitrogen and oxygen atoms in total. The Bertz CT molecular complexity index is 1090. The third kappa shape index (κ3) is 4.81. The number of likely N-dealkylation sites (N-methyl/N-ethyl adjacent to an activating group) is 1. The average Bonchev–Trinajstić information content (AvgIpc) is 3.46. The summed E-state index contributed by atoms with van der Waals surface area (Å²) in [6.45, 7) is 6.84. The lowest BCUT2D eigenvalue weighted by Gasteiger charge is -2.19. The van der Waals surface area contributed by atoms with Crippen molar-refractivity contribution in [2.24, 2.45) is 0 Å². The van der Waals surface area contributed by atoms with E-state index in [0.717, 1.165) is 40.4 Å². The Hall–Kier alpha value is -1.68. The van der Waals surface area contributed by atoms with E-state index >= 15 is 0 Å². The highest BCUT2D eigenvalue weighted by Crippen LogP contribution is 2.35.